The highest BCUT2D eigenvalue weighted by molar-refractivity contribution is 5.98. The fourth-order valence-electron chi connectivity index (χ4n) is 4.87. The van der Waals surface area contributed by atoms with Crippen molar-refractivity contribution in [3.63, 3.8) is 0 Å². The van der Waals surface area contributed by atoms with Crippen LogP contribution in [-0.4, -0.2) is 52.8 Å². The predicted octanol–water partition coefficient (Wildman–Crippen LogP) is 3.02. The van der Waals surface area contributed by atoms with Gasteiger partial charge in [0.1, 0.15) is 0 Å². The summed E-state index contributed by atoms with van der Waals surface area (Å²) < 4.78 is 39.7. The summed E-state index contributed by atoms with van der Waals surface area (Å²) in [6.07, 6.45) is 3.65. The first-order chi connectivity index (χ1) is 15.3. The van der Waals surface area contributed by atoms with Crippen LogP contribution in [0.5, 0.6) is 0 Å². The van der Waals surface area contributed by atoms with E-state index in [0.29, 0.717) is 23.5 Å². The highest BCUT2D eigenvalue weighted by atomic mass is 19.4. The molecular weight excluding hydrogens is 423 g/mol. The SMILES string of the molecule is Cc1ccc(C(=O)N2C3CCC2C(Cc2cnc(C(F)(F)F)cn2)C3)c(-n2ccnn2)n1. The van der Waals surface area contributed by atoms with Gasteiger partial charge in [0, 0.05) is 24.0 Å². The molecule has 2 fully saturated rings. The summed E-state index contributed by atoms with van der Waals surface area (Å²) in [6, 6.07) is 3.64. The normalized spacial score (nSPS) is 22.5. The van der Waals surface area contributed by atoms with E-state index in [1.54, 1.807) is 18.3 Å². The lowest BCUT2D eigenvalue weighted by atomic mass is 9.86. The van der Waals surface area contributed by atoms with E-state index in [1.807, 2.05) is 11.8 Å². The standard InChI is InChI=1S/C21H20F3N7O/c1-12-2-4-16(19(28-12)30-7-6-27-29-30)20(32)31-15-3-5-17(31)13(9-15)8-14-10-26-18(11-25-14)21(22,23)24/h2,4,6-7,10-11,13,15,17H,3,5,8-9H2,1H3. The van der Waals surface area contributed by atoms with E-state index < -0.39 is 11.9 Å². The molecule has 0 N–H and O–H groups in total. The number of aromatic nitrogens is 6. The Hall–Kier alpha value is -3.37. The molecule has 0 aliphatic carbocycles. The molecule has 2 aliphatic rings. The fraction of sp³-hybridized carbons (Fsp3) is 0.429. The van der Waals surface area contributed by atoms with Gasteiger partial charge in [0.25, 0.3) is 5.91 Å². The van der Waals surface area contributed by atoms with Crippen LogP contribution in [0.25, 0.3) is 5.82 Å². The van der Waals surface area contributed by atoms with Crippen LogP contribution in [0.15, 0.2) is 36.9 Å². The summed E-state index contributed by atoms with van der Waals surface area (Å²) in [5.74, 6) is 0.442. The number of amides is 1. The monoisotopic (exact) mass is 443 g/mol. The van der Waals surface area contributed by atoms with Gasteiger partial charge in [0.15, 0.2) is 11.5 Å². The number of pyridine rings is 1. The first-order valence-corrected chi connectivity index (χ1v) is 10.4. The van der Waals surface area contributed by atoms with E-state index in [0.717, 1.165) is 31.2 Å². The lowest BCUT2D eigenvalue weighted by molar-refractivity contribution is -0.141. The van der Waals surface area contributed by atoms with Crippen molar-refractivity contribution in [1.82, 2.24) is 34.8 Å². The van der Waals surface area contributed by atoms with Gasteiger partial charge >= 0.3 is 6.18 Å². The molecule has 3 aromatic heterocycles. The van der Waals surface area contributed by atoms with E-state index in [4.69, 9.17) is 0 Å². The molecule has 0 aromatic carbocycles. The van der Waals surface area contributed by atoms with E-state index in [1.165, 1.54) is 17.1 Å². The number of nitrogens with zero attached hydrogens (tertiary/aromatic N) is 7. The van der Waals surface area contributed by atoms with Gasteiger partial charge in [-0.2, -0.15) is 13.2 Å². The quantitative estimate of drug-likeness (QED) is 0.616. The van der Waals surface area contributed by atoms with Gasteiger partial charge in [0.05, 0.1) is 29.8 Å². The maximum absolute atomic E-state index is 13.6. The van der Waals surface area contributed by atoms with Crippen LogP contribution in [0.3, 0.4) is 0 Å². The smallest absolute Gasteiger partial charge is 0.332 e. The molecule has 2 aliphatic heterocycles. The number of hydrogen-bond donors (Lipinski definition) is 0. The molecule has 5 rings (SSSR count). The number of fused-ring (bicyclic) bond motifs is 2. The Balaban J connectivity index is 1.37. The van der Waals surface area contributed by atoms with Crippen molar-refractivity contribution >= 4 is 5.91 Å². The minimum atomic E-state index is -4.51. The predicted molar refractivity (Wildman–Crippen MR) is 106 cm³/mol. The van der Waals surface area contributed by atoms with Crippen LogP contribution in [0, 0.1) is 12.8 Å². The van der Waals surface area contributed by atoms with Crippen molar-refractivity contribution in [1.29, 1.82) is 0 Å². The van der Waals surface area contributed by atoms with Crippen LogP contribution in [0.4, 0.5) is 13.2 Å². The number of aryl methyl sites for hydroxylation is 1. The lowest BCUT2D eigenvalue weighted by Gasteiger charge is -2.25. The molecule has 2 saturated heterocycles. The highest BCUT2D eigenvalue weighted by Gasteiger charge is 2.49. The van der Waals surface area contributed by atoms with Gasteiger partial charge in [0.2, 0.25) is 0 Å². The summed E-state index contributed by atoms with van der Waals surface area (Å²) in [7, 11) is 0. The van der Waals surface area contributed by atoms with Gasteiger partial charge in [-0.3, -0.25) is 9.78 Å². The third-order valence-corrected chi connectivity index (χ3v) is 6.25. The molecular formula is C21H20F3N7O. The van der Waals surface area contributed by atoms with Crippen molar-refractivity contribution in [2.75, 3.05) is 0 Å². The molecule has 0 saturated carbocycles. The zero-order valence-electron chi connectivity index (χ0n) is 17.2. The Bertz CT molecular complexity index is 1130. The van der Waals surface area contributed by atoms with E-state index in [9.17, 15) is 18.0 Å². The number of rotatable bonds is 4. The summed E-state index contributed by atoms with van der Waals surface area (Å²) >= 11 is 0. The van der Waals surface area contributed by atoms with Crippen LogP contribution in [0.1, 0.15) is 46.7 Å². The topological polar surface area (TPSA) is 89.7 Å². The summed E-state index contributed by atoms with van der Waals surface area (Å²) in [4.78, 5) is 27.4. The second-order valence-corrected chi connectivity index (χ2v) is 8.27. The average molecular weight is 443 g/mol. The lowest BCUT2D eigenvalue weighted by Crippen LogP contribution is -2.37. The molecule has 3 atom stereocenters. The van der Waals surface area contributed by atoms with Gasteiger partial charge < -0.3 is 4.90 Å². The Morgan fingerprint density at radius 3 is 2.72 bits per heavy atom. The zero-order valence-corrected chi connectivity index (χ0v) is 17.2. The zero-order chi connectivity index (χ0) is 22.5. The first kappa shape index (κ1) is 20.5. The fourth-order valence-corrected chi connectivity index (χ4v) is 4.87. The van der Waals surface area contributed by atoms with Crippen LogP contribution in [-0.2, 0) is 12.6 Å². The maximum atomic E-state index is 13.6. The van der Waals surface area contributed by atoms with Crippen LogP contribution >= 0.6 is 0 Å². The Morgan fingerprint density at radius 2 is 2.03 bits per heavy atom. The second-order valence-electron chi connectivity index (χ2n) is 8.27. The summed E-state index contributed by atoms with van der Waals surface area (Å²) in [5, 5.41) is 7.80. The Morgan fingerprint density at radius 1 is 1.19 bits per heavy atom. The number of halogens is 3. The third-order valence-electron chi connectivity index (χ3n) is 6.25. The molecule has 3 unspecified atom stereocenters. The van der Waals surface area contributed by atoms with Gasteiger partial charge in [-0.25, -0.2) is 14.6 Å². The average Bonchev–Trinajstić information content (AvgIpc) is 3.49. The van der Waals surface area contributed by atoms with E-state index in [2.05, 4.69) is 25.3 Å². The maximum Gasteiger partial charge on any atom is 0.434 e. The second kappa shape index (κ2) is 7.64. The van der Waals surface area contributed by atoms with Gasteiger partial charge in [-0.1, -0.05) is 5.21 Å². The minimum Gasteiger partial charge on any atom is -0.332 e. The van der Waals surface area contributed by atoms with Gasteiger partial charge in [-0.15, -0.1) is 5.10 Å². The highest BCUT2D eigenvalue weighted by Crippen LogP contribution is 2.44. The first-order valence-electron chi connectivity index (χ1n) is 10.4. The van der Waals surface area contributed by atoms with Crippen LogP contribution in [0.2, 0.25) is 0 Å². The molecule has 5 heterocycles. The number of alkyl halides is 3. The molecule has 8 nitrogen and oxygen atoms in total. The molecule has 0 spiro atoms. The molecule has 0 radical (unpaired) electrons. The van der Waals surface area contributed by atoms with Crippen molar-refractivity contribution < 1.29 is 18.0 Å². The molecule has 2 bridgehead atoms. The van der Waals surface area contributed by atoms with E-state index >= 15 is 0 Å². The number of carbonyl (C=O) groups excluding carboxylic acids is 1. The van der Waals surface area contributed by atoms with Crippen molar-refractivity contribution in [2.45, 2.75) is 50.9 Å². The molecule has 166 valence electrons. The molecule has 32 heavy (non-hydrogen) atoms. The largest absolute Gasteiger partial charge is 0.434 e. The minimum absolute atomic E-state index is 0.00138. The number of hydrogen-bond acceptors (Lipinski definition) is 6. The van der Waals surface area contributed by atoms with Gasteiger partial charge in [-0.05, 0) is 50.7 Å². The molecule has 11 heteroatoms. The third kappa shape index (κ3) is 3.61. The summed E-state index contributed by atoms with van der Waals surface area (Å²) in [5.41, 5.74) is 0.713. The molecule has 1 amide bonds. The molecule has 3 aromatic rings. The van der Waals surface area contributed by atoms with E-state index in [-0.39, 0.29) is 23.9 Å². The number of carbonyl (C=O) groups is 1. The Labute approximate surface area is 181 Å². The van der Waals surface area contributed by atoms with Crippen molar-refractivity contribution in [3.05, 3.63) is 59.6 Å². The van der Waals surface area contributed by atoms with Crippen molar-refractivity contribution in [3.8, 4) is 5.82 Å². The van der Waals surface area contributed by atoms with Crippen molar-refractivity contribution in [2.24, 2.45) is 5.92 Å². The Kier molecular flexibility index (Phi) is 4.90. The van der Waals surface area contributed by atoms with Crippen LogP contribution < -0.4 is 0 Å². The summed E-state index contributed by atoms with van der Waals surface area (Å²) in [6.45, 7) is 1.84.